The lowest BCUT2D eigenvalue weighted by Gasteiger charge is -2.07. The summed E-state index contributed by atoms with van der Waals surface area (Å²) in [6.45, 7) is 2.20. The summed E-state index contributed by atoms with van der Waals surface area (Å²) in [6, 6.07) is 11.0. The fourth-order valence-electron chi connectivity index (χ4n) is 2.93. The Hall–Kier alpha value is -3.02. The van der Waals surface area contributed by atoms with Gasteiger partial charge in [-0.2, -0.15) is 0 Å². The maximum atomic E-state index is 12.1. The minimum atomic E-state index is -0.236. The number of hydrogen-bond acceptors (Lipinski definition) is 3. The van der Waals surface area contributed by atoms with Gasteiger partial charge in [0.05, 0.1) is 0 Å². The lowest BCUT2D eigenvalue weighted by Crippen LogP contribution is -2.30. The first-order chi connectivity index (χ1) is 13.1. The second-order valence-corrected chi connectivity index (χ2v) is 7.33. The van der Waals surface area contributed by atoms with Crippen LogP contribution in [0.2, 0.25) is 0 Å². The molecular weight excluding hydrogens is 342 g/mol. The van der Waals surface area contributed by atoms with Gasteiger partial charge in [0, 0.05) is 29.4 Å². The normalized spacial score (nSPS) is 21.1. The molecule has 0 bridgehead atoms. The van der Waals surface area contributed by atoms with Crippen LogP contribution in [-0.4, -0.2) is 18.0 Å². The Balaban J connectivity index is 1.27. The smallest absolute Gasteiger partial charge is 0.319 e. The molecule has 1 aromatic carbocycles. The molecule has 3 N–H and O–H groups in total. The van der Waals surface area contributed by atoms with Gasteiger partial charge in [-0.25, -0.2) is 4.79 Å². The molecule has 0 aliphatic heterocycles. The lowest BCUT2D eigenvalue weighted by molar-refractivity contribution is -0.111. The van der Waals surface area contributed by atoms with Crippen molar-refractivity contribution < 1.29 is 14.0 Å². The first-order valence-corrected chi connectivity index (χ1v) is 9.33. The van der Waals surface area contributed by atoms with E-state index in [1.807, 2.05) is 12.1 Å². The highest BCUT2D eigenvalue weighted by Gasteiger charge is 2.36. The molecule has 27 heavy (non-hydrogen) atoms. The van der Waals surface area contributed by atoms with E-state index in [4.69, 9.17) is 4.42 Å². The third-order valence-corrected chi connectivity index (χ3v) is 4.84. The summed E-state index contributed by atoms with van der Waals surface area (Å²) in [5.41, 5.74) is 1.34. The Morgan fingerprint density at radius 2 is 1.70 bits per heavy atom. The molecule has 0 radical (unpaired) electrons. The van der Waals surface area contributed by atoms with Crippen molar-refractivity contribution in [2.45, 2.75) is 38.1 Å². The molecule has 2 aliphatic carbocycles. The molecule has 3 amide bonds. The van der Waals surface area contributed by atoms with Gasteiger partial charge in [-0.1, -0.05) is 6.92 Å². The predicted octanol–water partition coefficient (Wildman–Crippen LogP) is 4.34. The highest BCUT2D eigenvalue weighted by molar-refractivity contribution is 6.02. The first-order valence-electron chi connectivity index (χ1n) is 9.33. The summed E-state index contributed by atoms with van der Waals surface area (Å²) >= 11 is 0. The van der Waals surface area contributed by atoms with Crippen LogP contribution in [0.15, 0.2) is 46.9 Å². The molecule has 2 saturated carbocycles. The van der Waals surface area contributed by atoms with Gasteiger partial charge in [-0.3, -0.25) is 4.79 Å². The number of amides is 3. The van der Waals surface area contributed by atoms with Crippen molar-refractivity contribution in [2.75, 3.05) is 10.6 Å². The number of carbonyl (C=O) groups excluding carboxylic acids is 2. The number of benzene rings is 1. The fourth-order valence-corrected chi connectivity index (χ4v) is 2.93. The third-order valence-electron chi connectivity index (χ3n) is 4.84. The summed E-state index contributed by atoms with van der Waals surface area (Å²) < 4.78 is 5.75. The second kappa shape index (κ2) is 7.31. The van der Waals surface area contributed by atoms with Gasteiger partial charge in [-0.15, -0.1) is 0 Å². The van der Waals surface area contributed by atoms with E-state index in [9.17, 15) is 9.59 Å². The largest absolute Gasteiger partial charge is 0.461 e. The van der Waals surface area contributed by atoms with Gasteiger partial charge in [0.1, 0.15) is 11.5 Å². The van der Waals surface area contributed by atoms with Crippen LogP contribution in [0.25, 0.3) is 6.08 Å². The number of anilines is 2. The van der Waals surface area contributed by atoms with Crippen molar-refractivity contribution in [1.29, 1.82) is 0 Å². The summed E-state index contributed by atoms with van der Waals surface area (Å²) in [7, 11) is 0. The maximum absolute atomic E-state index is 12.1. The van der Waals surface area contributed by atoms with Crippen molar-refractivity contribution in [3.63, 3.8) is 0 Å². The van der Waals surface area contributed by atoms with Crippen LogP contribution in [0, 0.1) is 5.92 Å². The van der Waals surface area contributed by atoms with E-state index >= 15 is 0 Å². The standard InChI is InChI=1S/C21H23N3O3/c1-13-12-18(13)19-10-8-17(27-19)9-11-20(25)22-14-2-4-15(5-3-14)23-21(26)24-16-6-7-16/h2-5,8-11,13,16,18H,6-7,12H2,1H3,(H,22,25)(H2,23,24,26)/b11-9+. The highest BCUT2D eigenvalue weighted by atomic mass is 16.3. The minimum absolute atomic E-state index is 0.198. The Bertz CT molecular complexity index is 865. The molecule has 2 unspecified atom stereocenters. The van der Waals surface area contributed by atoms with E-state index in [0.717, 1.165) is 18.6 Å². The molecule has 1 heterocycles. The number of furan rings is 1. The van der Waals surface area contributed by atoms with Gasteiger partial charge < -0.3 is 20.4 Å². The van der Waals surface area contributed by atoms with Crippen LogP contribution in [0.3, 0.4) is 0 Å². The monoisotopic (exact) mass is 365 g/mol. The Labute approximate surface area is 158 Å². The summed E-state index contributed by atoms with van der Waals surface area (Å²) in [4.78, 5) is 23.8. The summed E-state index contributed by atoms with van der Waals surface area (Å²) in [6.07, 6.45) is 6.39. The molecule has 2 aromatic rings. The van der Waals surface area contributed by atoms with E-state index in [-0.39, 0.29) is 11.9 Å². The zero-order valence-electron chi connectivity index (χ0n) is 15.2. The van der Waals surface area contributed by atoms with Crippen LogP contribution in [0.1, 0.15) is 43.6 Å². The van der Waals surface area contributed by atoms with E-state index in [1.165, 1.54) is 12.5 Å². The molecule has 6 heteroatoms. The summed E-state index contributed by atoms with van der Waals surface area (Å²) in [5, 5.41) is 8.42. The SMILES string of the molecule is CC1CC1c1ccc(/C=C/C(=O)Nc2ccc(NC(=O)NC3CC3)cc2)o1. The van der Waals surface area contributed by atoms with Crippen LogP contribution in [0.5, 0.6) is 0 Å². The molecule has 2 fully saturated rings. The van der Waals surface area contributed by atoms with Crippen molar-refractivity contribution in [1.82, 2.24) is 5.32 Å². The minimum Gasteiger partial charge on any atom is -0.461 e. The van der Waals surface area contributed by atoms with Gasteiger partial charge in [0.15, 0.2) is 0 Å². The molecule has 0 spiro atoms. The highest BCUT2D eigenvalue weighted by Crippen LogP contribution is 2.47. The number of carbonyl (C=O) groups is 2. The Morgan fingerprint density at radius 1 is 1.04 bits per heavy atom. The Kier molecular flexibility index (Phi) is 4.71. The molecule has 2 aliphatic rings. The first kappa shape index (κ1) is 17.4. The molecule has 2 atom stereocenters. The van der Waals surface area contributed by atoms with E-state index in [2.05, 4.69) is 22.9 Å². The van der Waals surface area contributed by atoms with Crippen LogP contribution < -0.4 is 16.0 Å². The number of nitrogens with one attached hydrogen (secondary N) is 3. The topological polar surface area (TPSA) is 83.4 Å². The zero-order chi connectivity index (χ0) is 18.8. The van der Waals surface area contributed by atoms with E-state index in [0.29, 0.717) is 35.0 Å². The van der Waals surface area contributed by atoms with Crippen LogP contribution in [-0.2, 0) is 4.79 Å². The van der Waals surface area contributed by atoms with Crippen LogP contribution >= 0.6 is 0 Å². The average Bonchev–Trinajstić information content (AvgIpc) is 3.55. The molecule has 0 saturated heterocycles. The zero-order valence-corrected chi connectivity index (χ0v) is 15.2. The molecule has 140 valence electrons. The maximum Gasteiger partial charge on any atom is 0.319 e. The van der Waals surface area contributed by atoms with Crippen molar-refractivity contribution in [3.05, 3.63) is 54.0 Å². The quantitative estimate of drug-likeness (QED) is 0.666. The molecular formula is C21H23N3O3. The van der Waals surface area contributed by atoms with Gasteiger partial charge in [0.2, 0.25) is 5.91 Å². The molecule has 4 rings (SSSR count). The number of hydrogen-bond donors (Lipinski definition) is 3. The average molecular weight is 365 g/mol. The second-order valence-electron chi connectivity index (χ2n) is 7.33. The molecule has 1 aromatic heterocycles. The lowest BCUT2D eigenvalue weighted by atomic mass is 10.2. The van der Waals surface area contributed by atoms with E-state index in [1.54, 1.807) is 30.3 Å². The Morgan fingerprint density at radius 3 is 2.33 bits per heavy atom. The van der Waals surface area contributed by atoms with Gasteiger partial charge in [-0.05, 0) is 67.7 Å². The third kappa shape index (κ3) is 4.78. The van der Waals surface area contributed by atoms with E-state index < -0.39 is 0 Å². The predicted molar refractivity (Wildman–Crippen MR) is 105 cm³/mol. The number of rotatable bonds is 6. The molecule has 6 nitrogen and oxygen atoms in total. The van der Waals surface area contributed by atoms with Crippen LogP contribution in [0.4, 0.5) is 16.2 Å². The van der Waals surface area contributed by atoms with Crippen molar-refractivity contribution >= 4 is 29.4 Å². The van der Waals surface area contributed by atoms with Crippen molar-refractivity contribution in [3.8, 4) is 0 Å². The van der Waals surface area contributed by atoms with Gasteiger partial charge >= 0.3 is 6.03 Å². The van der Waals surface area contributed by atoms with Gasteiger partial charge in [0.25, 0.3) is 0 Å². The fraction of sp³-hybridized carbons (Fsp3) is 0.333. The van der Waals surface area contributed by atoms with Crippen molar-refractivity contribution in [2.24, 2.45) is 5.92 Å². The number of urea groups is 1. The summed E-state index contributed by atoms with van der Waals surface area (Å²) in [5.74, 6) is 2.66.